The van der Waals surface area contributed by atoms with Gasteiger partial charge in [0.25, 0.3) is 11.8 Å². The monoisotopic (exact) mass is 503 g/mol. The van der Waals surface area contributed by atoms with Crippen LogP contribution >= 0.6 is 15.9 Å². The van der Waals surface area contributed by atoms with Crippen LogP contribution in [0.1, 0.15) is 42.2 Å². The van der Waals surface area contributed by atoms with Crippen molar-refractivity contribution in [3.8, 4) is 0 Å². The van der Waals surface area contributed by atoms with Crippen LogP contribution in [0, 0.1) is 0 Å². The molecule has 4 rings (SSSR count). The van der Waals surface area contributed by atoms with Gasteiger partial charge in [0.15, 0.2) is 0 Å². The van der Waals surface area contributed by atoms with E-state index in [1.54, 1.807) is 24.3 Å². The first-order chi connectivity index (χ1) is 15.1. The van der Waals surface area contributed by atoms with Gasteiger partial charge in [-0.05, 0) is 54.1 Å². The molecule has 0 fully saturated rings. The molecule has 0 atom stereocenters. The number of carbonyl (C=O) groups excluding carboxylic acids is 3. The Balaban J connectivity index is 1.56. The van der Waals surface area contributed by atoms with Crippen LogP contribution < -0.4 is 4.90 Å². The third-order valence-electron chi connectivity index (χ3n) is 4.84. The molecule has 2 amide bonds. The minimum absolute atomic E-state index is 0.00290. The number of anilines is 1. The lowest BCUT2D eigenvalue weighted by Gasteiger charge is -2.16. The quantitative estimate of drug-likeness (QED) is 0.342. The second kappa shape index (κ2) is 8.23. The second-order valence-corrected chi connectivity index (χ2v) is 7.87. The first-order valence-electron chi connectivity index (χ1n) is 9.27. The van der Waals surface area contributed by atoms with Crippen molar-refractivity contribution < 1.29 is 32.3 Å². The fourth-order valence-electron chi connectivity index (χ4n) is 3.24. The summed E-state index contributed by atoms with van der Waals surface area (Å²) in [7, 11) is 0. The third kappa shape index (κ3) is 4.16. The number of rotatable bonds is 4. The van der Waals surface area contributed by atoms with Gasteiger partial charge in [-0.2, -0.15) is 13.2 Å². The molecule has 5 nitrogen and oxygen atoms in total. The molecule has 0 saturated heterocycles. The summed E-state index contributed by atoms with van der Waals surface area (Å²) in [5, 5.41) is 0. The van der Waals surface area contributed by atoms with Crippen molar-refractivity contribution in [2.45, 2.75) is 12.8 Å². The topological polar surface area (TPSA) is 63.7 Å². The fourth-order valence-corrected chi connectivity index (χ4v) is 3.50. The van der Waals surface area contributed by atoms with Crippen LogP contribution in [0.4, 0.5) is 18.9 Å². The Bertz CT molecular complexity index is 1240. The van der Waals surface area contributed by atoms with Crippen molar-refractivity contribution in [2.75, 3.05) is 4.90 Å². The molecule has 3 aromatic carbocycles. The minimum Gasteiger partial charge on any atom is -0.457 e. The summed E-state index contributed by atoms with van der Waals surface area (Å²) in [6.45, 7) is 0.00638. The van der Waals surface area contributed by atoms with Gasteiger partial charge in [-0.15, -0.1) is 0 Å². The van der Waals surface area contributed by atoms with Crippen molar-refractivity contribution in [3.05, 3.63) is 99.0 Å². The van der Waals surface area contributed by atoms with E-state index in [2.05, 4.69) is 15.9 Å². The SMILES string of the molecule is O=C(OCc1ccc(Br)cc1)c1ccc2c(c1)C(=O)N(c1cccc(C(F)(F)F)c1)C2=O. The molecule has 162 valence electrons. The molecule has 3 aromatic rings. The first-order valence-corrected chi connectivity index (χ1v) is 10.1. The number of carbonyl (C=O) groups is 3. The van der Waals surface area contributed by atoms with Crippen LogP contribution in [-0.2, 0) is 17.5 Å². The van der Waals surface area contributed by atoms with Gasteiger partial charge in [-0.25, -0.2) is 9.69 Å². The van der Waals surface area contributed by atoms with Crippen LogP contribution in [-0.4, -0.2) is 17.8 Å². The molecule has 0 aliphatic carbocycles. The summed E-state index contributed by atoms with van der Waals surface area (Å²) in [6, 6.07) is 14.9. The third-order valence-corrected chi connectivity index (χ3v) is 5.37. The Morgan fingerprint density at radius 1 is 0.906 bits per heavy atom. The van der Waals surface area contributed by atoms with Gasteiger partial charge in [0.2, 0.25) is 0 Å². The van der Waals surface area contributed by atoms with Crippen molar-refractivity contribution in [2.24, 2.45) is 0 Å². The number of amides is 2. The Morgan fingerprint density at radius 2 is 1.59 bits per heavy atom. The lowest BCUT2D eigenvalue weighted by atomic mass is 10.1. The van der Waals surface area contributed by atoms with E-state index in [1.165, 1.54) is 24.3 Å². The predicted octanol–water partition coefficient (Wildman–Crippen LogP) is 5.63. The normalized spacial score (nSPS) is 13.3. The number of imide groups is 1. The Kier molecular flexibility index (Phi) is 5.60. The van der Waals surface area contributed by atoms with Crippen molar-refractivity contribution >= 4 is 39.4 Å². The molecule has 0 unspecified atom stereocenters. The molecule has 0 spiro atoms. The molecule has 0 radical (unpaired) electrons. The van der Waals surface area contributed by atoms with E-state index in [1.807, 2.05) is 0 Å². The van der Waals surface area contributed by atoms with E-state index in [4.69, 9.17) is 4.74 Å². The maximum atomic E-state index is 13.0. The van der Waals surface area contributed by atoms with E-state index in [0.717, 1.165) is 28.2 Å². The number of alkyl halides is 3. The molecule has 1 aliphatic heterocycles. The fraction of sp³-hybridized carbons (Fsp3) is 0.0870. The van der Waals surface area contributed by atoms with Gasteiger partial charge >= 0.3 is 12.1 Å². The van der Waals surface area contributed by atoms with Gasteiger partial charge in [-0.1, -0.05) is 34.1 Å². The van der Waals surface area contributed by atoms with Crippen LogP contribution in [0.5, 0.6) is 0 Å². The summed E-state index contributed by atoms with van der Waals surface area (Å²) in [6.07, 6.45) is -4.62. The van der Waals surface area contributed by atoms with Crippen molar-refractivity contribution in [1.29, 1.82) is 0 Å². The molecule has 0 aromatic heterocycles. The summed E-state index contributed by atoms with van der Waals surface area (Å²) < 4.78 is 45.2. The molecule has 1 aliphatic rings. The van der Waals surface area contributed by atoms with Gasteiger partial charge in [0.05, 0.1) is 27.9 Å². The number of esters is 1. The predicted molar refractivity (Wildman–Crippen MR) is 112 cm³/mol. The Hall–Kier alpha value is -3.46. The van der Waals surface area contributed by atoms with E-state index >= 15 is 0 Å². The number of fused-ring (bicyclic) bond motifs is 1. The van der Waals surface area contributed by atoms with E-state index in [9.17, 15) is 27.6 Å². The highest BCUT2D eigenvalue weighted by atomic mass is 79.9. The average Bonchev–Trinajstić information content (AvgIpc) is 3.02. The smallest absolute Gasteiger partial charge is 0.416 e. The largest absolute Gasteiger partial charge is 0.457 e. The maximum absolute atomic E-state index is 13.0. The summed E-state index contributed by atoms with van der Waals surface area (Å²) in [4.78, 5) is 38.6. The number of hydrogen-bond acceptors (Lipinski definition) is 4. The van der Waals surface area contributed by atoms with Crippen LogP contribution in [0.25, 0.3) is 0 Å². The molecular formula is C23H13BrF3NO4. The van der Waals surface area contributed by atoms with E-state index in [-0.39, 0.29) is 29.0 Å². The standard InChI is InChI=1S/C23H13BrF3NO4/c24-16-7-4-13(5-8-16)12-32-22(31)14-6-9-18-19(10-14)21(30)28(20(18)29)17-3-1-2-15(11-17)23(25,26)27/h1-11H,12H2. The highest BCUT2D eigenvalue weighted by Crippen LogP contribution is 2.34. The van der Waals surface area contributed by atoms with Crippen molar-refractivity contribution in [3.63, 3.8) is 0 Å². The Labute approximate surface area is 188 Å². The summed E-state index contributed by atoms with van der Waals surface area (Å²) in [5.74, 6) is -2.28. The van der Waals surface area contributed by atoms with Crippen LogP contribution in [0.2, 0.25) is 0 Å². The zero-order valence-corrected chi connectivity index (χ0v) is 17.7. The number of ether oxygens (including phenoxy) is 1. The van der Waals surface area contributed by atoms with Crippen LogP contribution in [0.3, 0.4) is 0 Å². The lowest BCUT2D eigenvalue weighted by Crippen LogP contribution is -2.29. The van der Waals surface area contributed by atoms with Gasteiger partial charge in [0, 0.05) is 4.47 Å². The van der Waals surface area contributed by atoms with Crippen LogP contribution in [0.15, 0.2) is 71.2 Å². The average molecular weight is 504 g/mol. The second-order valence-electron chi connectivity index (χ2n) is 6.96. The van der Waals surface area contributed by atoms with E-state index in [0.29, 0.717) is 4.90 Å². The number of hydrogen-bond donors (Lipinski definition) is 0. The number of halogens is 4. The van der Waals surface area contributed by atoms with Crippen molar-refractivity contribution in [1.82, 2.24) is 0 Å². The number of benzene rings is 3. The number of nitrogens with zero attached hydrogens (tertiary/aromatic N) is 1. The summed E-state index contributed by atoms with van der Waals surface area (Å²) in [5.41, 5.74) is -0.464. The highest BCUT2D eigenvalue weighted by Gasteiger charge is 2.38. The minimum atomic E-state index is -4.62. The molecule has 0 bridgehead atoms. The van der Waals surface area contributed by atoms with Gasteiger partial charge in [-0.3, -0.25) is 9.59 Å². The highest BCUT2D eigenvalue weighted by molar-refractivity contribution is 9.10. The molecule has 0 N–H and O–H groups in total. The molecule has 9 heteroatoms. The zero-order chi connectivity index (χ0) is 23.0. The zero-order valence-electron chi connectivity index (χ0n) is 16.2. The first kappa shape index (κ1) is 21.8. The summed E-state index contributed by atoms with van der Waals surface area (Å²) >= 11 is 3.31. The molecule has 32 heavy (non-hydrogen) atoms. The molecule has 0 saturated carbocycles. The van der Waals surface area contributed by atoms with Gasteiger partial charge < -0.3 is 4.74 Å². The Morgan fingerprint density at radius 3 is 2.28 bits per heavy atom. The lowest BCUT2D eigenvalue weighted by molar-refractivity contribution is -0.137. The van der Waals surface area contributed by atoms with E-state index < -0.39 is 29.5 Å². The molecular weight excluding hydrogens is 491 g/mol. The molecule has 1 heterocycles. The maximum Gasteiger partial charge on any atom is 0.416 e. The van der Waals surface area contributed by atoms with Gasteiger partial charge in [0.1, 0.15) is 6.61 Å².